The summed E-state index contributed by atoms with van der Waals surface area (Å²) in [6.07, 6.45) is 5.12. The van der Waals surface area contributed by atoms with E-state index in [0.29, 0.717) is 5.92 Å². The van der Waals surface area contributed by atoms with Crippen LogP contribution in [0.15, 0.2) is 18.2 Å². The molecule has 2 N–H and O–H groups in total. The Morgan fingerprint density at radius 1 is 1.31 bits per heavy atom. The standard InChI is InChI=1S/C13H17N3/c1-9-5-4-8-11-15-12(13(14)16(9)11)10-6-2-3-7-10/h4-5,8,10H,2-3,6-7,14H2,1H3. The van der Waals surface area contributed by atoms with Crippen LogP contribution in [0.5, 0.6) is 0 Å². The molecule has 1 saturated carbocycles. The van der Waals surface area contributed by atoms with Crippen molar-refractivity contribution in [1.29, 1.82) is 0 Å². The number of aromatic nitrogens is 2. The van der Waals surface area contributed by atoms with Crippen molar-refractivity contribution >= 4 is 11.5 Å². The lowest BCUT2D eigenvalue weighted by Gasteiger charge is -2.06. The zero-order valence-electron chi connectivity index (χ0n) is 9.61. The molecule has 3 rings (SSSR count). The van der Waals surface area contributed by atoms with Crippen molar-refractivity contribution < 1.29 is 0 Å². The molecule has 0 amide bonds. The Bertz CT molecular complexity index is 521. The van der Waals surface area contributed by atoms with E-state index in [2.05, 4.69) is 17.4 Å². The second-order valence-corrected chi connectivity index (χ2v) is 4.72. The minimum atomic E-state index is 0.583. The third kappa shape index (κ3) is 1.31. The summed E-state index contributed by atoms with van der Waals surface area (Å²) in [4.78, 5) is 4.69. The van der Waals surface area contributed by atoms with Gasteiger partial charge in [0.25, 0.3) is 0 Å². The summed E-state index contributed by atoms with van der Waals surface area (Å²) in [5.74, 6) is 1.43. The van der Waals surface area contributed by atoms with Gasteiger partial charge in [0.1, 0.15) is 11.5 Å². The number of fused-ring (bicyclic) bond motifs is 1. The predicted molar refractivity (Wildman–Crippen MR) is 65.6 cm³/mol. The van der Waals surface area contributed by atoms with Crippen LogP contribution >= 0.6 is 0 Å². The highest BCUT2D eigenvalue weighted by atomic mass is 15.1. The highest BCUT2D eigenvalue weighted by Gasteiger charge is 2.23. The molecule has 0 saturated heterocycles. The summed E-state index contributed by atoms with van der Waals surface area (Å²) in [7, 11) is 0. The minimum Gasteiger partial charge on any atom is -0.383 e. The Balaban J connectivity index is 2.19. The molecule has 0 atom stereocenters. The zero-order chi connectivity index (χ0) is 11.1. The maximum atomic E-state index is 6.22. The van der Waals surface area contributed by atoms with Crippen LogP contribution in [-0.4, -0.2) is 9.38 Å². The Morgan fingerprint density at radius 2 is 2.06 bits per heavy atom. The van der Waals surface area contributed by atoms with E-state index in [0.717, 1.165) is 22.9 Å². The third-order valence-electron chi connectivity index (χ3n) is 3.64. The SMILES string of the molecule is Cc1cccc2nc(C3CCCC3)c(N)n12. The molecule has 0 aromatic carbocycles. The summed E-state index contributed by atoms with van der Waals surface area (Å²) in [6, 6.07) is 6.14. The van der Waals surface area contributed by atoms with Gasteiger partial charge in [-0.05, 0) is 31.9 Å². The number of imidazole rings is 1. The average Bonchev–Trinajstić information content (AvgIpc) is 2.86. The number of nitrogens with zero attached hydrogens (tertiary/aromatic N) is 2. The molecule has 0 radical (unpaired) electrons. The molecule has 2 aromatic heterocycles. The van der Waals surface area contributed by atoms with Gasteiger partial charge in [0.05, 0.1) is 5.69 Å². The van der Waals surface area contributed by atoms with Crippen LogP contribution in [0.25, 0.3) is 5.65 Å². The summed E-state index contributed by atoms with van der Waals surface area (Å²) >= 11 is 0. The Morgan fingerprint density at radius 3 is 2.75 bits per heavy atom. The molecule has 3 heteroatoms. The summed E-state index contributed by atoms with van der Waals surface area (Å²) in [5, 5.41) is 0. The largest absolute Gasteiger partial charge is 0.383 e. The zero-order valence-corrected chi connectivity index (χ0v) is 9.61. The molecule has 16 heavy (non-hydrogen) atoms. The normalized spacial score (nSPS) is 17.3. The maximum Gasteiger partial charge on any atom is 0.138 e. The number of nitrogen functional groups attached to an aromatic ring is 1. The first-order valence-electron chi connectivity index (χ1n) is 6.01. The van der Waals surface area contributed by atoms with Crippen molar-refractivity contribution in [3.8, 4) is 0 Å². The molecular weight excluding hydrogens is 198 g/mol. The number of aryl methyl sites for hydroxylation is 1. The van der Waals surface area contributed by atoms with Gasteiger partial charge < -0.3 is 5.73 Å². The summed E-state index contributed by atoms with van der Waals surface area (Å²) in [6.45, 7) is 2.07. The number of pyridine rings is 1. The lowest BCUT2D eigenvalue weighted by molar-refractivity contribution is 0.706. The molecule has 0 bridgehead atoms. The minimum absolute atomic E-state index is 0.583. The fourth-order valence-corrected chi connectivity index (χ4v) is 2.80. The number of anilines is 1. The highest BCUT2D eigenvalue weighted by Crippen LogP contribution is 2.36. The van der Waals surface area contributed by atoms with Crippen LogP contribution in [0.4, 0.5) is 5.82 Å². The number of nitrogens with two attached hydrogens (primary N) is 1. The molecule has 1 fully saturated rings. The molecule has 1 aliphatic rings. The predicted octanol–water partition coefficient (Wildman–Crippen LogP) is 2.88. The van der Waals surface area contributed by atoms with Crippen molar-refractivity contribution in [2.24, 2.45) is 0 Å². The van der Waals surface area contributed by atoms with Gasteiger partial charge in [0.15, 0.2) is 0 Å². The van der Waals surface area contributed by atoms with Crippen molar-refractivity contribution in [3.63, 3.8) is 0 Å². The van der Waals surface area contributed by atoms with Gasteiger partial charge in [-0.25, -0.2) is 4.98 Å². The fourth-order valence-electron chi connectivity index (χ4n) is 2.80. The molecule has 0 aliphatic heterocycles. The summed E-state index contributed by atoms with van der Waals surface area (Å²) < 4.78 is 2.06. The molecule has 2 aromatic rings. The first-order valence-corrected chi connectivity index (χ1v) is 6.01. The average molecular weight is 215 g/mol. The molecular formula is C13H17N3. The second-order valence-electron chi connectivity index (χ2n) is 4.72. The topological polar surface area (TPSA) is 43.3 Å². The van der Waals surface area contributed by atoms with Gasteiger partial charge in [-0.3, -0.25) is 4.40 Å². The van der Waals surface area contributed by atoms with Gasteiger partial charge in [-0.1, -0.05) is 18.9 Å². The van der Waals surface area contributed by atoms with E-state index in [9.17, 15) is 0 Å². The van der Waals surface area contributed by atoms with Crippen molar-refractivity contribution in [1.82, 2.24) is 9.38 Å². The van der Waals surface area contributed by atoms with E-state index in [-0.39, 0.29) is 0 Å². The van der Waals surface area contributed by atoms with E-state index in [4.69, 9.17) is 10.7 Å². The fraction of sp³-hybridized carbons (Fsp3) is 0.462. The van der Waals surface area contributed by atoms with Crippen LogP contribution in [0.3, 0.4) is 0 Å². The van der Waals surface area contributed by atoms with Gasteiger partial charge in [-0.15, -0.1) is 0 Å². The Kier molecular flexibility index (Phi) is 2.13. The van der Waals surface area contributed by atoms with Gasteiger partial charge in [0.2, 0.25) is 0 Å². The highest BCUT2D eigenvalue weighted by molar-refractivity contribution is 5.55. The quantitative estimate of drug-likeness (QED) is 0.794. The van der Waals surface area contributed by atoms with Crippen LogP contribution in [0, 0.1) is 6.92 Å². The van der Waals surface area contributed by atoms with Gasteiger partial charge in [0, 0.05) is 11.6 Å². The number of hydrogen-bond acceptors (Lipinski definition) is 2. The van der Waals surface area contributed by atoms with E-state index < -0.39 is 0 Å². The maximum absolute atomic E-state index is 6.22. The summed E-state index contributed by atoms with van der Waals surface area (Å²) in [5.41, 5.74) is 9.48. The lowest BCUT2D eigenvalue weighted by Crippen LogP contribution is -2.01. The Hall–Kier alpha value is -1.51. The third-order valence-corrected chi connectivity index (χ3v) is 3.64. The molecule has 2 heterocycles. The molecule has 1 aliphatic carbocycles. The van der Waals surface area contributed by atoms with Crippen LogP contribution in [0.1, 0.15) is 43.0 Å². The molecule has 84 valence electrons. The second kappa shape index (κ2) is 3.51. The Labute approximate surface area is 95.3 Å². The molecule has 3 nitrogen and oxygen atoms in total. The van der Waals surface area contributed by atoms with Crippen molar-refractivity contribution in [3.05, 3.63) is 29.6 Å². The van der Waals surface area contributed by atoms with E-state index >= 15 is 0 Å². The number of hydrogen-bond donors (Lipinski definition) is 1. The van der Waals surface area contributed by atoms with E-state index in [1.165, 1.54) is 25.7 Å². The number of rotatable bonds is 1. The van der Waals surface area contributed by atoms with Crippen LogP contribution in [0.2, 0.25) is 0 Å². The van der Waals surface area contributed by atoms with Crippen molar-refractivity contribution in [2.75, 3.05) is 5.73 Å². The lowest BCUT2D eigenvalue weighted by atomic mass is 10.0. The first kappa shape index (κ1) is 9.70. The van der Waals surface area contributed by atoms with Crippen LogP contribution in [-0.2, 0) is 0 Å². The van der Waals surface area contributed by atoms with E-state index in [1.807, 2.05) is 12.1 Å². The molecule has 0 unspecified atom stereocenters. The molecule has 0 spiro atoms. The van der Waals surface area contributed by atoms with Crippen molar-refractivity contribution in [2.45, 2.75) is 38.5 Å². The van der Waals surface area contributed by atoms with Crippen LogP contribution < -0.4 is 5.73 Å². The monoisotopic (exact) mass is 215 g/mol. The first-order chi connectivity index (χ1) is 7.77. The van der Waals surface area contributed by atoms with E-state index in [1.54, 1.807) is 0 Å². The van der Waals surface area contributed by atoms with Gasteiger partial charge >= 0.3 is 0 Å². The smallest absolute Gasteiger partial charge is 0.138 e. The van der Waals surface area contributed by atoms with Gasteiger partial charge in [-0.2, -0.15) is 0 Å².